The first-order valence-electron chi connectivity index (χ1n) is 9.04. The number of hydrogen-bond donors (Lipinski definition) is 0. The van der Waals surface area contributed by atoms with Gasteiger partial charge in [0.2, 0.25) is 0 Å². The maximum Gasteiger partial charge on any atom is 0.426 e. The van der Waals surface area contributed by atoms with Crippen molar-refractivity contribution in [1.29, 1.82) is 0 Å². The molecule has 0 saturated carbocycles. The molecule has 0 bridgehead atoms. The van der Waals surface area contributed by atoms with Crippen molar-refractivity contribution in [3.05, 3.63) is 64.7 Å². The smallest absolute Gasteiger partial charge is 0.165 e. The SMILES string of the molecule is CCCCCCCc1ccc(-c2ccc(/C=C(\Cl)C(F)(F)F)cc2)cc1. The molecule has 0 aliphatic heterocycles. The van der Waals surface area contributed by atoms with Crippen LogP contribution in [-0.4, -0.2) is 6.18 Å². The molecule has 0 saturated heterocycles. The van der Waals surface area contributed by atoms with E-state index in [-0.39, 0.29) is 0 Å². The second-order valence-corrected chi connectivity index (χ2v) is 6.88. The second kappa shape index (κ2) is 9.82. The van der Waals surface area contributed by atoms with Crippen LogP contribution in [0.25, 0.3) is 17.2 Å². The predicted octanol–water partition coefficient (Wildman–Crippen LogP) is 8.01. The van der Waals surface area contributed by atoms with Crippen molar-refractivity contribution < 1.29 is 13.2 Å². The van der Waals surface area contributed by atoms with Crippen LogP contribution in [0.3, 0.4) is 0 Å². The number of allylic oxidation sites excluding steroid dienone is 1. The van der Waals surface area contributed by atoms with Crippen molar-refractivity contribution in [2.75, 3.05) is 0 Å². The quantitative estimate of drug-likeness (QED) is 0.407. The third-order valence-corrected chi connectivity index (χ3v) is 4.65. The van der Waals surface area contributed by atoms with Crippen molar-refractivity contribution in [2.45, 2.75) is 51.6 Å². The topological polar surface area (TPSA) is 0 Å². The van der Waals surface area contributed by atoms with Gasteiger partial charge < -0.3 is 0 Å². The van der Waals surface area contributed by atoms with Gasteiger partial charge in [-0.1, -0.05) is 92.7 Å². The molecule has 0 spiro atoms. The van der Waals surface area contributed by atoms with E-state index in [4.69, 9.17) is 11.6 Å². The van der Waals surface area contributed by atoms with Crippen molar-refractivity contribution in [3.63, 3.8) is 0 Å². The third kappa shape index (κ3) is 6.53. The fourth-order valence-corrected chi connectivity index (χ4v) is 2.92. The predicted molar refractivity (Wildman–Crippen MR) is 104 cm³/mol. The Labute approximate surface area is 158 Å². The minimum absolute atomic E-state index is 0.430. The summed E-state index contributed by atoms with van der Waals surface area (Å²) in [5, 5.41) is -1.12. The van der Waals surface area contributed by atoms with E-state index in [1.165, 1.54) is 37.7 Å². The zero-order valence-electron chi connectivity index (χ0n) is 15.0. The monoisotopic (exact) mass is 380 g/mol. The van der Waals surface area contributed by atoms with Crippen LogP contribution in [0.5, 0.6) is 0 Å². The Bertz CT molecular complexity index is 698. The van der Waals surface area contributed by atoms with Gasteiger partial charge in [-0.25, -0.2) is 0 Å². The van der Waals surface area contributed by atoms with Crippen molar-refractivity contribution >= 4 is 17.7 Å². The molecule has 0 amide bonds. The normalized spacial score (nSPS) is 12.4. The molecule has 0 N–H and O–H groups in total. The molecule has 26 heavy (non-hydrogen) atoms. The Morgan fingerprint density at radius 3 is 1.92 bits per heavy atom. The number of aryl methyl sites for hydroxylation is 1. The molecular weight excluding hydrogens is 357 g/mol. The van der Waals surface area contributed by atoms with Gasteiger partial charge in [-0.3, -0.25) is 0 Å². The third-order valence-electron chi connectivity index (χ3n) is 4.33. The van der Waals surface area contributed by atoms with Crippen LogP contribution in [0.1, 0.15) is 50.2 Å². The lowest BCUT2D eigenvalue weighted by Crippen LogP contribution is -2.06. The van der Waals surface area contributed by atoms with Gasteiger partial charge in [-0.2, -0.15) is 13.2 Å². The molecular formula is C22H24ClF3. The zero-order valence-corrected chi connectivity index (χ0v) is 15.7. The molecule has 0 aromatic heterocycles. The molecule has 0 unspecified atom stereocenters. The van der Waals surface area contributed by atoms with Gasteiger partial charge in [-0.15, -0.1) is 0 Å². The second-order valence-electron chi connectivity index (χ2n) is 6.47. The van der Waals surface area contributed by atoms with E-state index in [2.05, 4.69) is 31.2 Å². The Balaban J connectivity index is 1.97. The summed E-state index contributed by atoms with van der Waals surface area (Å²) in [7, 11) is 0. The van der Waals surface area contributed by atoms with Crippen molar-refractivity contribution in [2.24, 2.45) is 0 Å². The summed E-state index contributed by atoms with van der Waals surface area (Å²) in [4.78, 5) is 0. The van der Waals surface area contributed by atoms with Gasteiger partial charge >= 0.3 is 6.18 Å². The number of halogens is 4. The van der Waals surface area contributed by atoms with Crippen molar-refractivity contribution in [1.82, 2.24) is 0 Å². The van der Waals surface area contributed by atoms with Gasteiger partial charge in [-0.05, 0) is 41.2 Å². The summed E-state index contributed by atoms with van der Waals surface area (Å²) in [6.45, 7) is 2.21. The number of alkyl halides is 3. The van der Waals surface area contributed by atoms with Crippen LogP contribution in [0, 0.1) is 0 Å². The number of rotatable bonds is 8. The van der Waals surface area contributed by atoms with E-state index in [9.17, 15) is 13.2 Å². The Morgan fingerprint density at radius 1 is 0.846 bits per heavy atom. The largest absolute Gasteiger partial charge is 0.426 e. The molecule has 0 aliphatic rings. The first-order chi connectivity index (χ1) is 12.4. The summed E-state index contributed by atoms with van der Waals surface area (Å²) in [6.07, 6.45) is 3.85. The molecule has 2 aromatic carbocycles. The average Bonchev–Trinajstić information content (AvgIpc) is 2.62. The summed E-state index contributed by atoms with van der Waals surface area (Å²) >= 11 is 5.27. The number of hydrogen-bond acceptors (Lipinski definition) is 0. The Hall–Kier alpha value is -1.74. The highest BCUT2D eigenvalue weighted by molar-refractivity contribution is 6.32. The van der Waals surface area contributed by atoms with Crippen LogP contribution >= 0.6 is 11.6 Å². The minimum atomic E-state index is -4.51. The Morgan fingerprint density at radius 2 is 1.38 bits per heavy atom. The van der Waals surface area contributed by atoms with E-state index in [0.29, 0.717) is 5.56 Å². The van der Waals surface area contributed by atoms with Gasteiger partial charge in [0.15, 0.2) is 0 Å². The Kier molecular flexibility index (Phi) is 7.77. The van der Waals surface area contributed by atoms with E-state index in [1.807, 2.05) is 12.1 Å². The van der Waals surface area contributed by atoms with Crippen LogP contribution in [0.15, 0.2) is 53.6 Å². The maximum atomic E-state index is 12.5. The number of unbranched alkanes of at least 4 members (excludes halogenated alkanes) is 4. The van der Waals surface area contributed by atoms with Gasteiger partial charge in [0.05, 0.1) is 0 Å². The van der Waals surface area contributed by atoms with E-state index >= 15 is 0 Å². The highest BCUT2D eigenvalue weighted by Crippen LogP contribution is 2.30. The minimum Gasteiger partial charge on any atom is -0.165 e. The van der Waals surface area contributed by atoms with Crippen molar-refractivity contribution in [3.8, 4) is 11.1 Å². The molecule has 0 fully saturated rings. The molecule has 0 heterocycles. The molecule has 0 radical (unpaired) electrons. The van der Waals surface area contributed by atoms with E-state index < -0.39 is 11.2 Å². The highest BCUT2D eigenvalue weighted by atomic mass is 35.5. The molecule has 4 heteroatoms. The maximum absolute atomic E-state index is 12.5. The van der Waals surface area contributed by atoms with Gasteiger partial charge in [0, 0.05) is 0 Å². The molecule has 2 rings (SSSR count). The molecule has 0 aliphatic carbocycles. The van der Waals surface area contributed by atoms with Crippen LogP contribution in [0.4, 0.5) is 13.2 Å². The first-order valence-corrected chi connectivity index (χ1v) is 9.41. The zero-order chi connectivity index (χ0) is 19.0. The van der Waals surface area contributed by atoms with Crippen LogP contribution in [-0.2, 0) is 6.42 Å². The molecule has 140 valence electrons. The standard InChI is InChI=1S/C22H24ClF3/c1-2-3-4-5-6-7-17-8-12-19(13-9-17)20-14-10-18(11-15-20)16-21(23)22(24,25)26/h8-16H,2-7H2,1H3/b21-16-. The van der Waals surface area contributed by atoms with Gasteiger partial charge in [0.25, 0.3) is 0 Å². The lowest BCUT2D eigenvalue weighted by Gasteiger charge is -2.07. The highest BCUT2D eigenvalue weighted by Gasteiger charge is 2.32. The van der Waals surface area contributed by atoms with E-state index in [0.717, 1.165) is 23.6 Å². The lowest BCUT2D eigenvalue weighted by atomic mass is 10.00. The molecule has 0 atom stereocenters. The summed E-state index contributed by atoms with van der Waals surface area (Å²) in [5.74, 6) is 0. The molecule has 2 aromatic rings. The fraction of sp³-hybridized carbons (Fsp3) is 0.364. The average molecular weight is 381 g/mol. The lowest BCUT2D eigenvalue weighted by molar-refractivity contribution is -0.0836. The van der Waals surface area contributed by atoms with Crippen LogP contribution < -0.4 is 0 Å². The summed E-state index contributed by atoms with van der Waals surface area (Å²) < 4.78 is 37.4. The number of benzene rings is 2. The van der Waals surface area contributed by atoms with Crippen LogP contribution in [0.2, 0.25) is 0 Å². The van der Waals surface area contributed by atoms with Gasteiger partial charge in [0.1, 0.15) is 5.03 Å². The summed E-state index contributed by atoms with van der Waals surface area (Å²) in [6, 6.07) is 15.3. The van der Waals surface area contributed by atoms with E-state index in [1.54, 1.807) is 12.1 Å². The first kappa shape index (κ1) is 20.6. The summed E-state index contributed by atoms with van der Waals surface area (Å²) in [5.41, 5.74) is 3.78. The molecule has 0 nitrogen and oxygen atoms in total. The fourth-order valence-electron chi connectivity index (χ4n) is 2.80.